The van der Waals surface area contributed by atoms with Gasteiger partial charge in [-0.25, -0.2) is 4.98 Å². The summed E-state index contributed by atoms with van der Waals surface area (Å²) in [4.78, 5) is 4.71. The Bertz CT molecular complexity index is 597. The fourth-order valence-electron chi connectivity index (χ4n) is 3.81. The SMILES string of the molecule is CNC1C(n2c(C)nc3ccccc32)CCC1(C)C. The average Bonchev–Trinajstić information content (AvgIpc) is 2.84. The van der Waals surface area contributed by atoms with Gasteiger partial charge in [0.05, 0.1) is 17.1 Å². The Labute approximate surface area is 115 Å². The molecule has 3 nitrogen and oxygen atoms in total. The molecule has 2 aromatic rings. The molecule has 1 aliphatic rings. The molecule has 0 radical (unpaired) electrons. The molecule has 3 heteroatoms. The molecule has 0 aliphatic heterocycles. The van der Waals surface area contributed by atoms with Crippen LogP contribution in [0.4, 0.5) is 0 Å². The largest absolute Gasteiger partial charge is 0.323 e. The van der Waals surface area contributed by atoms with Crippen molar-refractivity contribution >= 4 is 11.0 Å². The van der Waals surface area contributed by atoms with Crippen LogP contribution in [0, 0.1) is 12.3 Å². The van der Waals surface area contributed by atoms with Gasteiger partial charge in [-0.3, -0.25) is 0 Å². The Morgan fingerprint density at radius 2 is 2.05 bits per heavy atom. The lowest BCUT2D eigenvalue weighted by molar-refractivity contribution is 0.262. The molecule has 0 bridgehead atoms. The molecular formula is C16H23N3. The van der Waals surface area contributed by atoms with Crippen molar-refractivity contribution in [3.05, 3.63) is 30.1 Å². The number of hydrogen-bond donors (Lipinski definition) is 1. The lowest BCUT2D eigenvalue weighted by Crippen LogP contribution is -2.40. The maximum atomic E-state index is 4.71. The minimum atomic E-state index is 0.344. The summed E-state index contributed by atoms with van der Waals surface area (Å²) in [6, 6.07) is 9.47. The molecular weight excluding hydrogens is 234 g/mol. The normalized spacial score (nSPS) is 26.1. The molecule has 0 amide bonds. The zero-order valence-electron chi connectivity index (χ0n) is 12.3. The van der Waals surface area contributed by atoms with Crippen LogP contribution in [-0.2, 0) is 0 Å². The molecule has 2 atom stereocenters. The number of hydrogen-bond acceptors (Lipinski definition) is 2. The van der Waals surface area contributed by atoms with Crippen molar-refractivity contribution in [3.63, 3.8) is 0 Å². The maximum absolute atomic E-state index is 4.71. The van der Waals surface area contributed by atoms with Crippen LogP contribution in [-0.4, -0.2) is 22.6 Å². The van der Waals surface area contributed by atoms with E-state index in [2.05, 4.69) is 62.0 Å². The second kappa shape index (κ2) is 4.34. The molecule has 1 aromatic carbocycles. The van der Waals surface area contributed by atoms with Gasteiger partial charge in [0.1, 0.15) is 5.82 Å². The van der Waals surface area contributed by atoms with Crippen LogP contribution in [0.2, 0.25) is 0 Å². The summed E-state index contributed by atoms with van der Waals surface area (Å²) in [5.74, 6) is 1.13. The Hall–Kier alpha value is -1.35. The lowest BCUT2D eigenvalue weighted by Gasteiger charge is -2.31. The van der Waals surface area contributed by atoms with E-state index >= 15 is 0 Å². The number of rotatable bonds is 2. The summed E-state index contributed by atoms with van der Waals surface area (Å²) in [6.07, 6.45) is 2.48. The number of aromatic nitrogens is 2. The standard InChI is InChI=1S/C16H23N3/c1-11-18-12-7-5-6-8-13(12)19(11)14-9-10-16(2,3)15(14)17-4/h5-8,14-15,17H,9-10H2,1-4H3. The maximum Gasteiger partial charge on any atom is 0.107 e. The third-order valence-electron chi connectivity index (χ3n) is 4.73. The van der Waals surface area contributed by atoms with E-state index in [1.165, 1.54) is 18.4 Å². The van der Waals surface area contributed by atoms with E-state index in [1.54, 1.807) is 0 Å². The number of fused-ring (bicyclic) bond motifs is 1. The highest BCUT2D eigenvalue weighted by Gasteiger charge is 2.42. The van der Waals surface area contributed by atoms with Gasteiger partial charge in [-0.15, -0.1) is 0 Å². The first-order chi connectivity index (χ1) is 9.04. The van der Waals surface area contributed by atoms with E-state index < -0.39 is 0 Å². The molecule has 1 saturated carbocycles. The van der Waals surface area contributed by atoms with E-state index in [0.717, 1.165) is 11.3 Å². The van der Waals surface area contributed by atoms with E-state index in [4.69, 9.17) is 4.98 Å². The van der Waals surface area contributed by atoms with Crippen LogP contribution in [0.5, 0.6) is 0 Å². The Kier molecular flexibility index (Phi) is 2.90. The van der Waals surface area contributed by atoms with Crippen molar-refractivity contribution in [2.45, 2.75) is 45.7 Å². The van der Waals surface area contributed by atoms with Crippen LogP contribution in [0.3, 0.4) is 0 Å². The minimum absolute atomic E-state index is 0.344. The van der Waals surface area contributed by atoms with Gasteiger partial charge in [0, 0.05) is 6.04 Å². The smallest absolute Gasteiger partial charge is 0.107 e. The fraction of sp³-hybridized carbons (Fsp3) is 0.562. The Balaban J connectivity index is 2.12. The molecule has 1 fully saturated rings. The Morgan fingerprint density at radius 3 is 2.79 bits per heavy atom. The summed E-state index contributed by atoms with van der Waals surface area (Å²) in [5, 5.41) is 3.54. The van der Waals surface area contributed by atoms with E-state index in [1.807, 2.05) is 0 Å². The van der Waals surface area contributed by atoms with Crippen LogP contribution >= 0.6 is 0 Å². The van der Waals surface area contributed by atoms with Crippen LogP contribution in [0.15, 0.2) is 24.3 Å². The summed E-state index contributed by atoms with van der Waals surface area (Å²) >= 11 is 0. The van der Waals surface area contributed by atoms with Gasteiger partial charge in [-0.1, -0.05) is 26.0 Å². The van der Waals surface area contributed by atoms with Gasteiger partial charge < -0.3 is 9.88 Å². The van der Waals surface area contributed by atoms with Crippen molar-refractivity contribution in [2.75, 3.05) is 7.05 Å². The molecule has 1 aromatic heterocycles. The van der Waals surface area contributed by atoms with Crippen LogP contribution in [0.25, 0.3) is 11.0 Å². The molecule has 1 heterocycles. The van der Waals surface area contributed by atoms with Crippen LogP contribution < -0.4 is 5.32 Å². The highest BCUT2D eigenvalue weighted by atomic mass is 15.1. The highest BCUT2D eigenvalue weighted by molar-refractivity contribution is 5.76. The molecule has 0 saturated heterocycles. The molecule has 2 unspecified atom stereocenters. The quantitative estimate of drug-likeness (QED) is 0.894. The predicted molar refractivity (Wildman–Crippen MR) is 79.4 cm³/mol. The number of imidazole rings is 1. The fourth-order valence-corrected chi connectivity index (χ4v) is 3.81. The summed E-state index contributed by atoms with van der Waals surface area (Å²) in [7, 11) is 2.08. The number of para-hydroxylation sites is 2. The molecule has 19 heavy (non-hydrogen) atoms. The highest BCUT2D eigenvalue weighted by Crippen LogP contribution is 2.45. The van der Waals surface area contributed by atoms with E-state index in [-0.39, 0.29) is 0 Å². The zero-order chi connectivity index (χ0) is 13.6. The topological polar surface area (TPSA) is 29.9 Å². The molecule has 102 valence electrons. The minimum Gasteiger partial charge on any atom is -0.323 e. The molecule has 3 rings (SSSR count). The third-order valence-corrected chi connectivity index (χ3v) is 4.73. The van der Waals surface area contributed by atoms with Crippen molar-refractivity contribution < 1.29 is 0 Å². The first-order valence-corrected chi connectivity index (χ1v) is 7.15. The average molecular weight is 257 g/mol. The number of nitrogens with one attached hydrogen (secondary N) is 1. The van der Waals surface area contributed by atoms with Gasteiger partial charge in [-0.05, 0) is 44.4 Å². The molecule has 1 N–H and O–H groups in total. The van der Waals surface area contributed by atoms with Crippen LogP contribution in [0.1, 0.15) is 38.6 Å². The van der Waals surface area contributed by atoms with Gasteiger partial charge in [-0.2, -0.15) is 0 Å². The van der Waals surface area contributed by atoms with Gasteiger partial charge >= 0.3 is 0 Å². The van der Waals surface area contributed by atoms with Gasteiger partial charge in [0.25, 0.3) is 0 Å². The second-order valence-corrected chi connectivity index (χ2v) is 6.38. The second-order valence-electron chi connectivity index (χ2n) is 6.38. The third kappa shape index (κ3) is 1.88. The van der Waals surface area contributed by atoms with E-state index in [0.29, 0.717) is 17.5 Å². The van der Waals surface area contributed by atoms with Crippen molar-refractivity contribution in [1.29, 1.82) is 0 Å². The summed E-state index contributed by atoms with van der Waals surface area (Å²) < 4.78 is 2.44. The van der Waals surface area contributed by atoms with Gasteiger partial charge in [0.15, 0.2) is 0 Å². The first-order valence-electron chi connectivity index (χ1n) is 7.15. The Morgan fingerprint density at radius 1 is 1.32 bits per heavy atom. The summed E-state index contributed by atoms with van der Waals surface area (Å²) in [5.41, 5.74) is 2.72. The van der Waals surface area contributed by atoms with Crippen molar-refractivity contribution in [2.24, 2.45) is 5.41 Å². The lowest BCUT2D eigenvalue weighted by atomic mass is 9.86. The summed E-state index contributed by atoms with van der Waals surface area (Å²) in [6.45, 7) is 6.85. The predicted octanol–water partition coefficient (Wildman–Crippen LogP) is 3.29. The number of nitrogens with zero attached hydrogens (tertiary/aromatic N) is 2. The van der Waals surface area contributed by atoms with Gasteiger partial charge in [0.2, 0.25) is 0 Å². The monoisotopic (exact) mass is 257 g/mol. The number of benzene rings is 1. The molecule has 0 spiro atoms. The van der Waals surface area contributed by atoms with Crippen molar-refractivity contribution in [3.8, 4) is 0 Å². The van der Waals surface area contributed by atoms with E-state index in [9.17, 15) is 0 Å². The zero-order valence-corrected chi connectivity index (χ0v) is 12.3. The van der Waals surface area contributed by atoms with Crippen molar-refractivity contribution in [1.82, 2.24) is 14.9 Å². The first kappa shape index (κ1) is 12.7. The number of likely N-dealkylation sites (N-methyl/N-ethyl adjacent to an activating group) is 1. The molecule has 1 aliphatic carbocycles. The number of aryl methyl sites for hydroxylation is 1.